The van der Waals surface area contributed by atoms with Gasteiger partial charge in [-0.25, -0.2) is 9.19 Å². The zero-order valence-electron chi connectivity index (χ0n) is 18.6. The van der Waals surface area contributed by atoms with Crippen LogP contribution >= 0.6 is 0 Å². The van der Waals surface area contributed by atoms with Crippen molar-refractivity contribution in [1.29, 1.82) is 0 Å². The van der Waals surface area contributed by atoms with E-state index in [4.69, 9.17) is 9.47 Å². The van der Waals surface area contributed by atoms with Gasteiger partial charge in [-0.1, -0.05) is 24.3 Å². The highest BCUT2D eigenvalue weighted by Crippen LogP contribution is 2.38. The van der Waals surface area contributed by atoms with E-state index in [0.717, 1.165) is 29.0 Å². The third-order valence-electron chi connectivity index (χ3n) is 6.07. The van der Waals surface area contributed by atoms with Crippen molar-refractivity contribution in [1.82, 2.24) is 10.3 Å². The summed E-state index contributed by atoms with van der Waals surface area (Å²) in [7, 11) is 0. The summed E-state index contributed by atoms with van der Waals surface area (Å²) in [6.45, 7) is 1.09. The van der Waals surface area contributed by atoms with Crippen molar-refractivity contribution < 1.29 is 23.0 Å². The molecule has 176 valence electrons. The van der Waals surface area contributed by atoms with Gasteiger partial charge in [0, 0.05) is 23.4 Å². The van der Waals surface area contributed by atoms with E-state index in [9.17, 15) is 13.6 Å². The highest BCUT2D eigenvalue weighted by molar-refractivity contribution is 7.81. The number of hydrogen-bond acceptors (Lipinski definition) is 5. The number of nitrogens with one attached hydrogen (secondary N) is 1. The minimum Gasteiger partial charge on any atom is -0.489 e. The molecule has 2 fully saturated rings. The van der Waals surface area contributed by atoms with Gasteiger partial charge in [0.2, 0.25) is 5.88 Å². The first-order valence-corrected chi connectivity index (χ1v) is 12.5. The van der Waals surface area contributed by atoms with Gasteiger partial charge >= 0.3 is 0 Å². The average molecular weight is 479 g/mol. The van der Waals surface area contributed by atoms with Crippen LogP contribution in [0.1, 0.15) is 41.6 Å². The Hall–Kier alpha value is -3.23. The maximum absolute atomic E-state index is 12.4. The number of aromatic nitrogens is 1. The van der Waals surface area contributed by atoms with Gasteiger partial charge in [-0.05, 0) is 73.1 Å². The van der Waals surface area contributed by atoms with Crippen molar-refractivity contribution in [2.45, 2.75) is 37.2 Å². The number of pyridine rings is 1. The molecule has 1 aromatic heterocycles. The zero-order chi connectivity index (χ0) is 23.5. The van der Waals surface area contributed by atoms with Gasteiger partial charge in [-0.15, -0.1) is 0 Å². The highest BCUT2D eigenvalue weighted by Gasteiger charge is 2.50. The molecule has 2 saturated carbocycles. The predicted octanol–water partition coefficient (Wildman–Crippen LogP) is 4.56. The van der Waals surface area contributed by atoms with Crippen LogP contribution in [0.15, 0.2) is 66.9 Å². The van der Waals surface area contributed by atoms with Crippen LogP contribution in [0.2, 0.25) is 0 Å². The van der Waals surface area contributed by atoms with Gasteiger partial charge in [0.05, 0.1) is 6.61 Å². The first-order valence-electron chi connectivity index (χ1n) is 11.4. The predicted molar refractivity (Wildman–Crippen MR) is 129 cm³/mol. The normalized spacial score (nSPS) is 17.0. The van der Waals surface area contributed by atoms with Crippen molar-refractivity contribution in [3.05, 3.63) is 78.0 Å². The molecule has 0 saturated heterocycles. The van der Waals surface area contributed by atoms with E-state index >= 15 is 0 Å². The van der Waals surface area contributed by atoms with E-state index in [2.05, 4.69) is 10.3 Å². The van der Waals surface area contributed by atoms with E-state index < -0.39 is 16.0 Å². The van der Waals surface area contributed by atoms with Crippen LogP contribution < -0.4 is 14.8 Å². The van der Waals surface area contributed by atoms with E-state index in [1.165, 1.54) is 12.8 Å². The maximum atomic E-state index is 12.4. The number of rotatable bonds is 10. The van der Waals surface area contributed by atoms with Crippen LogP contribution in [0.4, 0.5) is 0 Å². The molecule has 0 spiro atoms. The summed E-state index contributed by atoms with van der Waals surface area (Å²) in [6, 6.07) is 18.7. The van der Waals surface area contributed by atoms with Crippen molar-refractivity contribution in [3.8, 4) is 22.8 Å². The molecule has 1 atom stereocenters. The van der Waals surface area contributed by atoms with Crippen molar-refractivity contribution >= 4 is 17.0 Å². The number of ether oxygens (including phenoxy) is 2. The van der Waals surface area contributed by atoms with Gasteiger partial charge < -0.3 is 19.3 Å². The molecule has 3 aromatic rings. The SMILES string of the molecule is O=C(NC1(S(=O)O)CC1)c1ccc(COc2cccc(-c3ccc(OCC4CC4)nc3)c2)cc1. The van der Waals surface area contributed by atoms with Gasteiger partial charge in [-0.3, -0.25) is 4.79 Å². The summed E-state index contributed by atoms with van der Waals surface area (Å²) >= 11 is -2.07. The lowest BCUT2D eigenvalue weighted by molar-refractivity contribution is 0.0944. The van der Waals surface area contributed by atoms with Crippen LogP contribution in [0.5, 0.6) is 11.6 Å². The molecule has 2 aromatic carbocycles. The molecule has 2 aliphatic carbocycles. The Kier molecular flexibility index (Phi) is 6.34. The standard InChI is InChI=1S/C26H26N2O5S/c29-25(28-26(12-13-26)34(30)31)20-8-6-19(7-9-20)16-32-23-3-1-2-21(14-23)22-10-11-24(27-15-22)33-17-18-4-5-18/h1-3,6-11,14-15,18H,4-5,12-13,16-17H2,(H,28,29)(H,30,31). The summed E-state index contributed by atoms with van der Waals surface area (Å²) in [5.41, 5.74) is 3.34. The lowest BCUT2D eigenvalue weighted by Crippen LogP contribution is -2.39. The third kappa shape index (κ3) is 5.46. The van der Waals surface area contributed by atoms with Crippen LogP contribution in [-0.4, -0.2) is 31.1 Å². The average Bonchev–Trinajstić information content (AvgIpc) is 3.79. The van der Waals surface area contributed by atoms with E-state index in [1.807, 2.05) is 54.7 Å². The first-order chi connectivity index (χ1) is 16.5. The largest absolute Gasteiger partial charge is 0.489 e. The number of carbonyl (C=O) groups is 1. The minimum atomic E-state index is -2.07. The topological polar surface area (TPSA) is 97.8 Å². The number of carbonyl (C=O) groups excluding carboxylic acids is 1. The minimum absolute atomic E-state index is 0.349. The monoisotopic (exact) mass is 478 g/mol. The van der Waals surface area contributed by atoms with Gasteiger partial charge in [0.25, 0.3) is 5.91 Å². The van der Waals surface area contributed by atoms with E-state index in [1.54, 1.807) is 12.1 Å². The lowest BCUT2D eigenvalue weighted by Gasteiger charge is -2.13. The Balaban J connectivity index is 1.16. The summed E-state index contributed by atoms with van der Waals surface area (Å²) in [5, 5.41) is 2.67. The highest BCUT2D eigenvalue weighted by atomic mass is 32.2. The van der Waals surface area contributed by atoms with Crippen molar-refractivity contribution in [3.63, 3.8) is 0 Å². The van der Waals surface area contributed by atoms with E-state index in [-0.39, 0.29) is 5.91 Å². The second-order valence-corrected chi connectivity index (χ2v) is 10.1. The third-order valence-corrected chi connectivity index (χ3v) is 7.25. The van der Waals surface area contributed by atoms with Crippen LogP contribution in [-0.2, 0) is 17.7 Å². The molecule has 5 rings (SSSR count). The number of benzene rings is 2. The second kappa shape index (κ2) is 9.56. The Bertz CT molecular complexity index is 1190. The molecule has 2 aliphatic rings. The molecule has 0 aliphatic heterocycles. The Labute approximate surface area is 200 Å². The molecule has 7 nitrogen and oxygen atoms in total. The lowest BCUT2D eigenvalue weighted by atomic mass is 10.1. The molecule has 1 unspecified atom stereocenters. The molecule has 2 N–H and O–H groups in total. The fourth-order valence-electron chi connectivity index (χ4n) is 3.54. The molecule has 34 heavy (non-hydrogen) atoms. The molecule has 8 heteroatoms. The Morgan fingerprint density at radius 1 is 1.06 bits per heavy atom. The van der Waals surface area contributed by atoms with Gasteiger partial charge in [0.15, 0.2) is 11.1 Å². The van der Waals surface area contributed by atoms with Crippen molar-refractivity contribution in [2.75, 3.05) is 6.61 Å². The summed E-state index contributed by atoms with van der Waals surface area (Å²) in [4.78, 5) is 15.8. The first kappa shape index (κ1) is 22.6. The summed E-state index contributed by atoms with van der Waals surface area (Å²) < 4.78 is 32.4. The fraction of sp³-hybridized carbons (Fsp3) is 0.308. The van der Waals surface area contributed by atoms with Gasteiger partial charge in [-0.2, -0.15) is 0 Å². The van der Waals surface area contributed by atoms with Crippen LogP contribution in [0.3, 0.4) is 0 Å². The molecular weight excluding hydrogens is 452 g/mol. The summed E-state index contributed by atoms with van der Waals surface area (Å²) in [5.74, 6) is 1.72. The molecular formula is C26H26N2O5S. The number of amides is 1. The zero-order valence-corrected chi connectivity index (χ0v) is 19.4. The number of nitrogens with zero attached hydrogens (tertiary/aromatic N) is 1. The van der Waals surface area contributed by atoms with Gasteiger partial charge in [0.1, 0.15) is 17.2 Å². The molecule has 0 bridgehead atoms. The second-order valence-electron chi connectivity index (χ2n) is 8.85. The Morgan fingerprint density at radius 2 is 1.85 bits per heavy atom. The smallest absolute Gasteiger partial charge is 0.252 e. The van der Waals surface area contributed by atoms with E-state index in [0.29, 0.717) is 36.8 Å². The summed E-state index contributed by atoms with van der Waals surface area (Å²) in [6.07, 6.45) is 5.34. The fourth-order valence-corrected chi connectivity index (χ4v) is 4.18. The van der Waals surface area contributed by atoms with Crippen LogP contribution in [0.25, 0.3) is 11.1 Å². The van der Waals surface area contributed by atoms with Crippen molar-refractivity contribution in [2.24, 2.45) is 5.92 Å². The quantitative estimate of drug-likeness (QED) is 0.415. The molecule has 1 heterocycles. The number of hydrogen-bond donors (Lipinski definition) is 2. The maximum Gasteiger partial charge on any atom is 0.252 e. The molecule has 0 radical (unpaired) electrons. The Morgan fingerprint density at radius 3 is 2.50 bits per heavy atom. The van der Waals surface area contributed by atoms with Crippen LogP contribution in [0, 0.1) is 5.92 Å². The molecule has 1 amide bonds.